The van der Waals surface area contributed by atoms with Crippen LogP contribution >= 0.6 is 11.8 Å². The molecule has 0 saturated carbocycles. The number of fused-ring (bicyclic) bond motifs is 1. The molecule has 212 valence electrons. The molecule has 0 aliphatic carbocycles. The molecule has 1 unspecified atom stereocenters. The maximum Gasteiger partial charge on any atom is 0.522 e. The topological polar surface area (TPSA) is 108 Å². The number of benzene rings is 1. The third kappa shape index (κ3) is 11.5. The lowest BCUT2D eigenvalue weighted by atomic mass is 9.98. The Hall–Kier alpha value is -2.41. The number of piperazine rings is 1. The summed E-state index contributed by atoms with van der Waals surface area (Å²) in [6, 6.07) is 9.11. The number of hydrogen-bond donors (Lipinski definition) is 4. The van der Waals surface area contributed by atoms with Crippen LogP contribution in [0, 0.1) is 16.7 Å². The quantitative estimate of drug-likeness (QED) is 0.192. The van der Waals surface area contributed by atoms with Crippen molar-refractivity contribution in [3.8, 4) is 0 Å². The summed E-state index contributed by atoms with van der Waals surface area (Å²) in [6.07, 6.45) is 1.55. The number of ether oxygens (including phenoxy) is 1. The zero-order chi connectivity index (χ0) is 28.1. The summed E-state index contributed by atoms with van der Waals surface area (Å²) in [5.41, 5.74) is 2.67. The monoisotopic (exact) mass is 556 g/mol. The van der Waals surface area contributed by atoms with Crippen molar-refractivity contribution < 1.29 is 22.7 Å². The van der Waals surface area contributed by atoms with E-state index in [1.54, 1.807) is 4.90 Å². The maximum atomic E-state index is 11.8. The highest BCUT2D eigenvalue weighted by atomic mass is 32.2. The van der Waals surface area contributed by atoms with Crippen LogP contribution in [0.25, 0.3) is 10.9 Å². The Kier molecular flexibility index (Phi) is 13.3. The molecule has 4 N–H and O–H groups in total. The van der Waals surface area contributed by atoms with Gasteiger partial charge in [-0.05, 0) is 55.6 Å². The summed E-state index contributed by atoms with van der Waals surface area (Å²) in [5, 5.41) is 19.5. The van der Waals surface area contributed by atoms with Crippen molar-refractivity contribution in [3.63, 3.8) is 0 Å². The second-order valence-corrected chi connectivity index (χ2v) is 10.6. The minimum atomic E-state index is -4.60. The number of hydrogen-bond acceptors (Lipinski definition) is 7. The molecule has 1 aromatic heterocycles. The van der Waals surface area contributed by atoms with E-state index >= 15 is 0 Å². The number of halogens is 3. The molecule has 1 atom stereocenters. The summed E-state index contributed by atoms with van der Waals surface area (Å²) in [4.78, 5) is 17.1. The fraction of sp³-hybridized carbons (Fsp3) is 0.577. The number of aromatic nitrogens is 1. The molecule has 2 heterocycles. The van der Waals surface area contributed by atoms with Crippen molar-refractivity contribution >= 4 is 39.2 Å². The summed E-state index contributed by atoms with van der Waals surface area (Å²) in [7, 11) is 2.07. The lowest BCUT2D eigenvalue weighted by Gasteiger charge is -2.35. The highest BCUT2D eigenvalue weighted by Gasteiger charge is 2.29. The third-order valence-electron chi connectivity index (χ3n) is 6.29. The van der Waals surface area contributed by atoms with Gasteiger partial charge >= 0.3 is 6.36 Å². The Morgan fingerprint density at radius 3 is 2.47 bits per heavy atom. The van der Waals surface area contributed by atoms with Crippen LogP contribution in [-0.4, -0.2) is 90.1 Å². The normalized spacial score (nSPS) is 15.3. The molecule has 1 aliphatic heterocycles. The number of amidine groups is 1. The minimum Gasteiger partial charge on any atom is -0.361 e. The summed E-state index contributed by atoms with van der Waals surface area (Å²) >= 11 is 0.761. The van der Waals surface area contributed by atoms with Gasteiger partial charge in [-0.1, -0.05) is 32.0 Å². The maximum absolute atomic E-state index is 11.8. The highest BCUT2D eigenvalue weighted by molar-refractivity contribution is 8.27. The molecule has 0 amide bonds. The number of thioether (sulfide) groups is 1. The number of likely N-dealkylation sites (N-methyl/N-ethyl adjacent to an activating group) is 1. The molecule has 1 fully saturated rings. The van der Waals surface area contributed by atoms with Crippen LogP contribution in [0.1, 0.15) is 32.3 Å². The van der Waals surface area contributed by atoms with Crippen LogP contribution in [0.3, 0.4) is 0 Å². The van der Waals surface area contributed by atoms with E-state index in [-0.39, 0.29) is 16.8 Å². The lowest BCUT2D eigenvalue weighted by molar-refractivity contribution is -0.325. The number of H-pyrrole nitrogens is 1. The van der Waals surface area contributed by atoms with E-state index in [9.17, 15) is 18.0 Å². The van der Waals surface area contributed by atoms with Crippen molar-refractivity contribution in [2.45, 2.75) is 45.5 Å². The first-order valence-corrected chi connectivity index (χ1v) is 13.5. The molecule has 1 saturated heterocycles. The molecule has 1 aromatic carbocycles. The van der Waals surface area contributed by atoms with Gasteiger partial charge in [-0.15, -0.1) is 13.2 Å². The second kappa shape index (κ2) is 15.9. The highest BCUT2D eigenvalue weighted by Crippen LogP contribution is 2.21. The summed E-state index contributed by atoms with van der Waals surface area (Å²) < 4.78 is 39.1. The average molecular weight is 557 g/mol. The van der Waals surface area contributed by atoms with E-state index in [1.165, 1.54) is 29.3 Å². The average Bonchev–Trinajstić information content (AvgIpc) is 3.29. The minimum absolute atomic E-state index is 0.105. The van der Waals surface area contributed by atoms with Crippen LogP contribution in [0.4, 0.5) is 13.2 Å². The Morgan fingerprint density at radius 2 is 1.87 bits per heavy atom. The Bertz CT molecular complexity index is 1020. The third-order valence-corrected chi connectivity index (χ3v) is 7.06. The molecule has 8 nitrogen and oxygen atoms in total. The first-order valence-electron chi connectivity index (χ1n) is 12.7. The van der Waals surface area contributed by atoms with Crippen molar-refractivity contribution in [1.82, 2.24) is 20.1 Å². The van der Waals surface area contributed by atoms with Gasteiger partial charge in [0.05, 0.1) is 6.61 Å². The van der Waals surface area contributed by atoms with E-state index < -0.39 is 13.0 Å². The Labute approximate surface area is 226 Å². The van der Waals surface area contributed by atoms with Gasteiger partial charge in [0.1, 0.15) is 5.04 Å². The number of aromatic amines is 1. The number of aldehydes is 1. The van der Waals surface area contributed by atoms with E-state index in [2.05, 4.69) is 66.4 Å². The largest absolute Gasteiger partial charge is 0.522 e. The van der Waals surface area contributed by atoms with Crippen LogP contribution in [0.5, 0.6) is 0 Å². The molecule has 12 heteroatoms. The van der Waals surface area contributed by atoms with Crippen LogP contribution in [-0.2, 0) is 16.0 Å². The zero-order valence-electron chi connectivity index (χ0n) is 22.2. The number of alkyl halides is 3. The van der Waals surface area contributed by atoms with Gasteiger partial charge in [-0.3, -0.25) is 25.2 Å². The van der Waals surface area contributed by atoms with E-state index in [4.69, 9.17) is 10.8 Å². The molecule has 1 aliphatic rings. The predicted molar refractivity (Wildman–Crippen MR) is 148 cm³/mol. The molecular weight excluding hydrogens is 517 g/mol. The Morgan fingerprint density at radius 1 is 1.18 bits per heavy atom. The van der Waals surface area contributed by atoms with Gasteiger partial charge < -0.3 is 15.2 Å². The number of carbonyl (C=O) groups is 1. The van der Waals surface area contributed by atoms with Crippen LogP contribution in [0.2, 0.25) is 0 Å². The van der Waals surface area contributed by atoms with Crippen LogP contribution < -0.4 is 5.32 Å². The fourth-order valence-corrected chi connectivity index (χ4v) is 4.67. The Balaban J connectivity index is 0.000000268. The van der Waals surface area contributed by atoms with Crippen molar-refractivity contribution in [2.75, 3.05) is 46.4 Å². The van der Waals surface area contributed by atoms with E-state index in [1.807, 2.05) is 4.90 Å². The molecule has 3 rings (SSSR count). The number of nitrogens with zero attached hydrogens (tertiary/aromatic N) is 2. The molecule has 0 radical (unpaired) electrons. The standard InChI is InChI=1S/C16H24N2.C10H15F3N4O2S/c1-12(2)8-9-14(17-3)10-13-11-18-16-7-5-4-6-15(13)16;11-10(12,13)19-6-5-16-1-3-17(4-2-16)9(15)20-8(14)7-18/h4-7,11-12,14,17-18H,8-10H2,1-3H3;7,14-15H,1-6H2. The number of rotatable bonds is 10. The van der Waals surface area contributed by atoms with Gasteiger partial charge in [-0.25, -0.2) is 0 Å². The number of para-hydroxylation sites is 1. The van der Waals surface area contributed by atoms with Gasteiger partial charge in [0.25, 0.3) is 0 Å². The van der Waals surface area contributed by atoms with Gasteiger partial charge in [0.15, 0.2) is 11.5 Å². The predicted octanol–water partition coefficient (Wildman–Crippen LogP) is 4.72. The first kappa shape index (κ1) is 31.8. The zero-order valence-corrected chi connectivity index (χ0v) is 23.1. The van der Waals surface area contributed by atoms with Gasteiger partial charge in [-0.2, -0.15) is 0 Å². The molecule has 38 heavy (non-hydrogen) atoms. The molecule has 0 spiro atoms. The van der Waals surface area contributed by atoms with E-state index in [0.29, 0.717) is 38.5 Å². The van der Waals surface area contributed by atoms with Crippen molar-refractivity contribution in [3.05, 3.63) is 36.0 Å². The fourth-order valence-electron chi connectivity index (χ4n) is 4.11. The summed E-state index contributed by atoms with van der Waals surface area (Å²) in [5.74, 6) is 0.781. The number of carbonyl (C=O) groups excluding carboxylic acids is 1. The smallest absolute Gasteiger partial charge is 0.361 e. The van der Waals surface area contributed by atoms with Crippen LogP contribution in [0.15, 0.2) is 30.5 Å². The van der Waals surface area contributed by atoms with Gasteiger partial charge in [0, 0.05) is 55.9 Å². The van der Waals surface area contributed by atoms with Crippen molar-refractivity contribution in [2.24, 2.45) is 5.92 Å². The summed E-state index contributed by atoms with van der Waals surface area (Å²) in [6.45, 7) is 6.32. The van der Waals surface area contributed by atoms with Crippen molar-refractivity contribution in [1.29, 1.82) is 10.8 Å². The number of nitrogens with one attached hydrogen (secondary N) is 4. The molecule has 2 aromatic rings. The lowest BCUT2D eigenvalue weighted by Crippen LogP contribution is -2.48. The first-order chi connectivity index (χ1) is 18.0. The van der Waals surface area contributed by atoms with Gasteiger partial charge in [0.2, 0.25) is 0 Å². The molecular formula is C26H39F3N6O2S. The SMILES string of the molecule is CNC(CCC(C)C)Cc1c[nH]c2ccccc12.N=C(C=O)SC(=N)N1CCN(CCOC(F)(F)F)CC1. The second-order valence-electron chi connectivity index (χ2n) is 9.53. The van der Waals surface area contributed by atoms with E-state index in [0.717, 1.165) is 24.1 Å². The molecule has 0 bridgehead atoms.